The lowest BCUT2D eigenvalue weighted by Gasteiger charge is -2.15. The zero-order valence-electron chi connectivity index (χ0n) is 70.6. The second kappa shape index (κ2) is 46.0. The van der Waals surface area contributed by atoms with Gasteiger partial charge in [-0.15, -0.1) is 0 Å². The van der Waals surface area contributed by atoms with Gasteiger partial charge in [-0.1, -0.05) is 226 Å². The fourth-order valence-corrected chi connectivity index (χ4v) is 14.0. The third kappa shape index (κ3) is 29.7. The number of alkyl halides is 1. The van der Waals surface area contributed by atoms with Crippen molar-refractivity contribution in [3.05, 3.63) is 272 Å². The summed E-state index contributed by atoms with van der Waals surface area (Å²) in [7, 11) is 5.46. The number of carboxylic acid groups (broad SMARTS) is 1. The third-order valence-electron chi connectivity index (χ3n) is 19.3. The number of aromatic amines is 1. The summed E-state index contributed by atoms with van der Waals surface area (Å²) < 4.78 is 15.5. The summed E-state index contributed by atoms with van der Waals surface area (Å²) in [4.78, 5) is 77.4. The molecule has 5 amide bonds. The summed E-state index contributed by atoms with van der Waals surface area (Å²) in [6.07, 6.45) is 9.33. The van der Waals surface area contributed by atoms with Gasteiger partial charge in [0.15, 0.2) is 17.5 Å². The molecule has 3 aromatic heterocycles. The number of aliphatic carboxylic acids is 1. The summed E-state index contributed by atoms with van der Waals surface area (Å²) in [5.74, 6) is -1.07. The Labute approximate surface area is 721 Å². The topological polar surface area (TPSA) is 298 Å². The minimum Gasteiger partial charge on any atom is -0.478 e. The Morgan fingerprint density at radius 2 is 0.826 bits per heavy atom. The zero-order valence-corrected chi connectivity index (χ0v) is 74.2. The Hall–Kier alpha value is -12.0. The summed E-state index contributed by atoms with van der Waals surface area (Å²) in [5, 5.41) is 42.5. The fourth-order valence-electron chi connectivity index (χ4n) is 12.3. The number of nitrogens with zero attached hydrogens (tertiary/aromatic N) is 7. The average Bonchev–Trinajstić information content (AvgIpc) is 1.68. The fraction of sp³-hybridized carbons (Fsp3) is 0.274. The predicted octanol–water partition coefficient (Wildman–Crippen LogP) is 19.8. The number of carbonyl (C=O) groups is 6. The first-order valence-electron chi connectivity index (χ1n) is 39.9. The first-order chi connectivity index (χ1) is 57.4. The molecule has 26 heteroatoms. The minimum absolute atomic E-state index is 0. The van der Waals surface area contributed by atoms with Gasteiger partial charge in [-0.3, -0.25) is 29.1 Å². The number of likely N-dealkylation sites (N-methyl/N-ethyl adjacent to an activating group) is 2. The second-order valence-corrected chi connectivity index (χ2v) is 43.9. The number of nitrogens with two attached hydrogens (primary N) is 1. The van der Waals surface area contributed by atoms with E-state index in [0.29, 0.717) is 62.5 Å². The third-order valence-corrected chi connectivity index (χ3v) is 23.1. The van der Waals surface area contributed by atoms with Crippen molar-refractivity contribution < 1.29 is 43.3 Å². The minimum atomic E-state index is -1.18. The molecule has 0 aliphatic heterocycles. The smallest absolute Gasteiger partial charge is 0.328 e. The van der Waals surface area contributed by atoms with Crippen LogP contribution in [0.5, 0.6) is 0 Å². The molecule has 0 aliphatic carbocycles. The zero-order chi connectivity index (χ0) is 86.5. The number of allylic oxidation sites excluding steroid dienone is 1. The maximum absolute atomic E-state index is 13.4. The van der Waals surface area contributed by atoms with Gasteiger partial charge in [-0.2, -0.15) is 15.3 Å². The number of nitrogen functional groups attached to an aromatic ring is 1. The molecule has 634 valence electrons. The van der Waals surface area contributed by atoms with E-state index in [9.17, 15) is 28.8 Å². The van der Waals surface area contributed by atoms with Gasteiger partial charge in [-0.25, -0.2) is 14.2 Å². The number of carbonyl (C=O) groups excluding carboxylic acids is 5. The van der Waals surface area contributed by atoms with Gasteiger partial charge in [0, 0.05) is 99.2 Å². The Balaban J connectivity index is 0.000000217. The maximum atomic E-state index is 13.4. The van der Waals surface area contributed by atoms with E-state index >= 15 is 0 Å². The second-order valence-electron chi connectivity index (χ2n) is 32.0. The molecule has 3 heterocycles. The summed E-state index contributed by atoms with van der Waals surface area (Å²) in [6, 6.07) is 72.7. The van der Waals surface area contributed by atoms with Crippen LogP contribution in [0.15, 0.2) is 255 Å². The van der Waals surface area contributed by atoms with Crippen molar-refractivity contribution in [2.24, 2.45) is 0 Å². The maximum Gasteiger partial charge on any atom is 0.328 e. The number of para-hydroxylation sites is 3. The van der Waals surface area contributed by atoms with Crippen LogP contribution in [0.1, 0.15) is 62.6 Å². The van der Waals surface area contributed by atoms with Crippen molar-refractivity contribution >= 4 is 135 Å². The molecule has 3 atom stereocenters. The Morgan fingerprint density at radius 1 is 0.463 bits per heavy atom. The molecule has 0 saturated carbocycles. The van der Waals surface area contributed by atoms with Crippen molar-refractivity contribution in [3.63, 3.8) is 0 Å². The molecule has 12 aromatic rings. The molecule has 0 fully saturated rings. The van der Waals surface area contributed by atoms with Crippen LogP contribution >= 0.6 is 15.9 Å². The Bertz CT molecular complexity index is 5520. The molecule has 0 bridgehead atoms. The van der Waals surface area contributed by atoms with Crippen LogP contribution in [0.4, 0.5) is 34.5 Å². The summed E-state index contributed by atoms with van der Waals surface area (Å²) in [5.41, 5.74) is 19.6. The molecular weight excluding hydrogens is 1620 g/mol. The number of benzene rings is 9. The van der Waals surface area contributed by atoms with E-state index in [-0.39, 0.29) is 48.8 Å². The summed E-state index contributed by atoms with van der Waals surface area (Å²) >= 11 is 3.03. The van der Waals surface area contributed by atoms with Gasteiger partial charge in [-0.05, 0) is 184 Å². The molecule has 12 rings (SSSR count). The standard InChI is InChI=1S/C34H43N5O3Si.C28H29N5O2.C28H34N4O2Si.C4H5BrO2.CH4/c1-25(34(41)36-33-30-13-7-8-14-31(30)39(37-33)24-42-21-22-43(4,5)6)27-11-9-12-28(23-27)26-16-18-29(19-17-26)35-32(40)15-10-20-38(2)3;1-19(28(35)30-27-24-10-4-5-11-25(24)31-32-27)21-8-6-9-22(18-21)20-13-15-23(16-14-20)29-26(34)12-7-17-33(2)3;1-20(22-8-7-9-23(18-22)21-12-14-24(29)15-13-21)28(33)30-27-25-10-5-6-11-26(25)32(31-27)19-34-16-17-35(2,3)4;5-3-1-2-4(6)7;/h7-19,23,25H,20-22,24H2,1-6H3,(H,35,40)(H,36,37,41);4-16,18-19H,17H2,1-3H3,(H,29,34)(H2,30,31,32,35);5-15,18,20H,16-17,19,29H2,1-4H3,(H,30,31,33);1-2H,3H2,(H,6,7);1H4/b15-10+;12-7+;;2-1+;. The molecular formula is C95H115BrN14O9Si2. The summed E-state index contributed by atoms with van der Waals surface area (Å²) in [6.45, 7) is 23.2. The van der Waals surface area contributed by atoms with Crippen LogP contribution in [0.25, 0.3) is 66.1 Å². The van der Waals surface area contributed by atoms with E-state index in [1.54, 1.807) is 6.08 Å². The van der Waals surface area contributed by atoms with Crippen LogP contribution in [0.2, 0.25) is 51.4 Å². The van der Waals surface area contributed by atoms with Crippen molar-refractivity contribution in [1.82, 2.24) is 39.6 Å². The van der Waals surface area contributed by atoms with E-state index in [0.717, 1.165) is 118 Å². The quantitative estimate of drug-likeness (QED) is 0.00639. The predicted molar refractivity (Wildman–Crippen MR) is 505 cm³/mol. The normalized spacial score (nSPS) is 12.2. The number of ether oxygens (including phenoxy) is 2. The molecule has 9 N–H and O–H groups in total. The lowest BCUT2D eigenvalue weighted by Crippen LogP contribution is -2.22. The number of aromatic nitrogens is 6. The number of rotatable bonds is 32. The molecule has 121 heavy (non-hydrogen) atoms. The highest BCUT2D eigenvalue weighted by Gasteiger charge is 2.24. The van der Waals surface area contributed by atoms with E-state index in [2.05, 4.69) is 103 Å². The van der Waals surface area contributed by atoms with E-state index in [1.807, 2.05) is 293 Å². The number of anilines is 6. The van der Waals surface area contributed by atoms with E-state index in [1.165, 1.54) is 12.2 Å². The van der Waals surface area contributed by atoms with Crippen LogP contribution in [-0.2, 0) is 51.7 Å². The van der Waals surface area contributed by atoms with Gasteiger partial charge in [0.25, 0.3) is 0 Å². The van der Waals surface area contributed by atoms with E-state index < -0.39 is 28.0 Å². The number of H-pyrrole nitrogens is 1. The number of amides is 5. The van der Waals surface area contributed by atoms with Crippen molar-refractivity contribution in [3.8, 4) is 33.4 Å². The largest absolute Gasteiger partial charge is 0.478 e. The number of hydrogen-bond acceptors (Lipinski definition) is 14. The lowest BCUT2D eigenvalue weighted by atomic mass is 9.95. The number of fused-ring (bicyclic) bond motifs is 3. The molecule has 0 radical (unpaired) electrons. The Kier molecular flexibility index (Phi) is 35.9. The molecule has 9 aromatic carbocycles. The highest BCUT2D eigenvalue weighted by Crippen LogP contribution is 2.33. The Morgan fingerprint density at radius 3 is 1.19 bits per heavy atom. The van der Waals surface area contributed by atoms with Crippen molar-refractivity contribution in [2.45, 2.75) is 111 Å². The average molecular weight is 1730 g/mol. The number of nitrogens with one attached hydrogen (secondary N) is 6. The highest BCUT2D eigenvalue weighted by atomic mass is 79.9. The van der Waals surface area contributed by atoms with Crippen LogP contribution in [0, 0.1) is 0 Å². The van der Waals surface area contributed by atoms with Crippen LogP contribution in [0.3, 0.4) is 0 Å². The highest BCUT2D eigenvalue weighted by molar-refractivity contribution is 9.09. The van der Waals surface area contributed by atoms with Gasteiger partial charge < -0.3 is 56.7 Å². The number of hydrogen-bond donors (Lipinski definition) is 8. The molecule has 0 aliphatic rings. The number of halogens is 1. The van der Waals surface area contributed by atoms with Crippen LogP contribution in [-0.4, -0.2) is 156 Å². The van der Waals surface area contributed by atoms with Gasteiger partial charge in [0.05, 0.1) is 34.3 Å². The van der Waals surface area contributed by atoms with Crippen LogP contribution < -0.4 is 32.3 Å². The molecule has 3 unspecified atom stereocenters. The van der Waals surface area contributed by atoms with Crippen molar-refractivity contribution in [2.75, 3.05) is 92.1 Å². The molecule has 23 nitrogen and oxygen atoms in total. The lowest BCUT2D eigenvalue weighted by molar-refractivity contribution is -0.131. The van der Waals surface area contributed by atoms with E-state index in [4.69, 9.17) is 25.4 Å². The van der Waals surface area contributed by atoms with Gasteiger partial charge in [0.2, 0.25) is 29.5 Å². The first-order valence-corrected chi connectivity index (χ1v) is 48.4. The first kappa shape index (κ1) is 94.5. The SMILES string of the molecule is C.CC(C(=O)Nc1n[nH]c2ccccc12)c1cccc(-c2ccc(NC(=O)/C=C/CN(C)C)cc2)c1.CC(C(=O)Nc1nn(COCC[Si](C)(C)C)c2ccccc12)c1cccc(-c2ccc(N)cc2)c1.CC(C(=O)Nc1nn(COCC[Si](C)(C)C)c2ccccc12)c1cccc(-c2ccc(NC(=O)/C=C/CN(C)C)cc2)c1.O=C(O)/C=C/CBr. The molecule has 0 saturated heterocycles. The van der Waals surface area contributed by atoms with Crippen molar-refractivity contribution in [1.29, 1.82) is 0 Å². The van der Waals surface area contributed by atoms with Gasteiger partial charge in [0.1, 0.15) is 13.5 Å². The molecule has 0 spiro atoms. The number of carboxylic acids is 1. The van der Waals surface area contributed by atoms with Gasteiger partial charge >= 0.3 is 5.97 Å². The monoisotopic (exact) mass is 1730 g/mol.